The highest BCUT2D eigenvalue weighted by atomic mass is 14.1. The van der Waals surface area contributed by atoms with Crippen LogP contribution in [0.2, 0.25) is 0 Å². The fourth-order valence-electron chi connectivity index (χ4n) is 2.74. The lowest BCUT2D eigenvalue weighted by Crippen LogP contribution is -1.65. The predicted molar refractivity (Wildman–Crippen MR) is 85.1 cm³/mol. The van der Waals surface area contributed by atoms with Crippen molar-refractivity contribution < 1.29 is 0 Å². The number of rotatable bonds is 1. The van der Waals surface area contributed by atoms with Gasteiger partial charge in [-0.25, -0.2) is 0 Å². The van der Waals surface area contributed by atoms with Crippen molar-refractivity contribution in [3.63, 3.8) is 0 Å². The Labute approximate surface area is 119 Å². The van der Waals surface area contributed by atoms with Crippen LogP contribution in [0.1, 0.15) is 0 Å². The van der Waals surface area contributed by atoms with E-state index < -0.39 is 0 Å². The fourth-order valence-corrected chi connectivity index (χ4v) is 2.74. The van der Waals surface area contributed by atoms with Crippen LogP contribution in [0, 0.1) is 0 Å². The van der Waals surface area contributed by atoms with Gasteiger partial charge in [0.2, 0.25) is 0 Å². The van der Waals surface area contributed by atoms with E-state index in [2.05, 4.69) is 84.9 Å². The van der Waals surface area contributed by atoms with E-state index in [1.54, 1.807) is 0 Å². The fraction of sp³-hybridized carbons (Fsp3) is 0. The summed E-state index contributed by atoms with van der Waals surface area (Å²) in [6.45, 7) is 0. The lowest BCUT2D eigenvalue weighted by molar-refractivity contribution is 1.76. The third kappa shape index (κ3) is 1.86. The monoisotopic (exact) mass is 254 g/mol. The van der Waals surface area contributed by atoms with Crippen molar-refractivity contribution in [2.24, 2.45) is 0 Å². The molecule has 0 amide bonds. The summed E-state index contributed by atoms with van der Waals surface area (Å²) in [5, 5.41) is 0. The Hall–Kier alpha value is -2.60. The molecule has 4 rings (SSSR count). The maximum absolute atomic E-state index is 2.26. The molecule has 0 aromatic rings. The Bertz CT molecular complexity index is 752. The Morgan fingerprint density at radius 3 is 1.30 bits per heavy atom. The molecule has 0 spiro atoms. The van der Waals surface area contributed by atoms with Gasteiger partial charge >= 0.3 is 0 Å². The van der Waals surface area contributed by atoms with Crippen LogP contribution in [-0.4, -0.2) is 0 Å². The standard InChI is InChI=1S/C20H14/c1-2-5-18-13-20(14-19(18)6-3-1)17-11-9-15-7-4-8-16(15)10-12-17/h1-14H. The van der Waals surface area contributed by atoms with Gasteiger partial charge in [0, 0.05) is 0 Å². The van der Waals surface area contributed by atoms with E-state index in [4.69, 9.17) is 0 Å². The molecule has 0 heteroatoms. The molecular weight excluding hydrogens is 240 g/mol. The summed E-state index contributed by atoms with van der Waals surface area (Å²) in [5.74, 6) is 0. The van der Waals surface area contributed by atoms with Crippen molar-refractivity contribution >= 4 is 0 Å². The summed E-state index contributed by atoms with van der Waals surface area (Å²) in [5.41, 5.74) is 7.70. The molecule has 0 heterocycles. The van der Waals surface area contributed by atoms with Gasteiger partial charge in [-0.1, -0.05) is 72.8 Å². The molecule has 0 bridgehead atoms. The molecule has 0 fully saturated rings. The van der Waals surface area contributed by atoms with Gasteiger partial charge < -0.3 is 0 Å². The van der Waals surface area contributed by atoms with E-state index in [-0.39, 0.29) is 0 Å². The van der Waals surface area contributed by atoms with Gasteiger partial charge in [-0.15, -0.1) is 0 Å². The van der Waals surface area contributed by atoms with E-state index in [0.717, 1.165) is 0 Å². The minimum absolute atomic E-state index is 1.26. The molecular formula is C20H14. The third-order valence-electron chi connectivity index (χ3n) is 3.83. The van der Waals surface area contributed by atoms with Gasteiger partial charge in [-0.05, 0) is 45.5 Å². The molecule has 94 valence electrons. The van der Waals surface area contributed by atoms with Gasteiger partial charge in [-0.3, -0.25) is 0 Å². The second kappa shape index (κ2) is 4.50. The topological polar surface area (TPSA) is 0 Å². The zero-order valence-electron chi connectivity index (χ0n) is 11.1. The highest BCUT2D eigenvalue weighted by Gasteiger charge is 2.07. The summed E-state index contributed by atoms with van der Waals surface area (Å²) in [6.07, 6.45) is 0. The molecule has 0 aromatic carbocycles. The van der Waals surface area contributed by atoms with Crippen LogP contribution in [0.25, 0.3) is 33.4 Å². The predicted octanol–water partition coefficient (Wildman–Crippen LogP) is 5.56. The quantitative estimate of drug-likeness (QED) is 0.417. The molecule has 0 aliphatic heterocycles. The molecule has 0 atom stereocenters. The van der Waals surface area contributed by atoms with Crippen LogP contribution in [0.15, 0.2) is 84.9 Å². The Kier molecular flexibility index (Phi) is 2.53. The van der Waals surface area contributed by atoms with Gasteiger partial charge in [0.15, 0.2) is 0 Å². The lowest BCUT2D eigenvalue weighted by Gasteiger charge is -1.91. The number of fused-ring (bicyclic) bond motifs is 2. The van der Waals surface area contributed by atoms with Crippen LogP contribution < -0.4 is 0 Å². The second-order valence-electron chi connectivity index (χ2n) is 5.12. The molecule has 4 aliphatic carbocycles. The van der Waals surface area contributed by atoms with E-state index in [1.165, 1.54) is 33.4 Å². The SMILES string of the molecule is c1ccc2cc(-c3ccc4cccc-4cc3)cc-2cc1. The van der Waals surface area contributed by atoms with Crippen LogP contribution in [0.5, 0.6) is 0 Å². The van der Waals surface area contributed by atoms with Crippen molar-refractivity contribution in [3.8, 4) is 33.4 Å². The van der Waals surface area contributed by atoms with Crippen molar-refractivity contribution in [1.29, 1.82) is 0 Å². The first-order chi connectivity index (χ1) is 9.90. The van der Waals surface area contributed by atoms with E-state index in [9.17, 15) is 0 Å². The molecule has 20 heavy (non-hydrogen) atoms. The number of hydrogen-bond acceptors (Lipinski definition) is 0. The van der Waals surface area contributed by atoms with Gasteiger partial charge in [0.25, 0.3) is 0 Å². The van der Waals surface area contributed by atoms with Crippen molar-refractivity contribution in [2.45, 2.75) is 0 Å². The van der Waals surface area contributed by atoms with Gasteiger partial charge in [0.1, 0.15) is 0 Å². The first-order valence-electron chi connectivity index (χ1n) is 6.88. The molecule has 0 saturated carbocycles. The molecule has 4 aliphatic rings. The molecule has 0 nitrogen and oxygen atoms in total. The molecule has 0 radical (unpaired) electrons. The molecule has 0 unspecified atom stereocenters. The second-order valence-corrected chi connectivity index (χ2v) is 5.12. The normalized spacial score (nSPS) is 11.0. The average molecular weight is 254 g/mol. The van der Waals surface area contributed by atoms with Crippen molar-refractivity contribution in [1.82, 2.24) is 0 Å². The van der Waals surface area contributed by atoms with Gasteiger partial charge in [-0.2, -0.15) is 0 Å². The maximum Gasteiger partial charge on any atom is -0.0172 e. The Balaban J connectivity index is 1.89. The van der Waals surface area contributed by atoms with Crippen LogP contribution in [-0.2, 0) is 0 Å². The first kappa shape index (κ1) is 11.2. The van der Waals surface area contributed by atoms with E-state index in [1.807, 2.05) is 0 Å². The Morgan fingerprint density at radius 2 is 0.750 bits per heavy atom. The lowest BCUT2D eigenvalue weighted by atomic mass is 10.1. The zero-order chi connectivity index (χ0) is 13.4. The van der Waals surface area contributed by atoms with E-state index >= 15 is 0 Å². The minimum atomic E-state index is 1.26. The third-order valence-corrected chi connectivity index (χ3v) is 3.83. The number of hydrogen-bond donors (Lipinski definition) is 0. The zero-order valence-corrected chi connectivity index (χ0v) is 11.1. The molecule has 0 N–H and O–H groups in total. The average Bonchev–Trinajstić information content (AvgIpc) is 2.95. The first-order valence-corrected chi connectivity index (χ1v) is 6.88. The molecule has 0 aromatic heterocycles. The summed E-state index contributed by atoms with van der Waals surface area (Å²) in [6, 6.07) is 30.3. The van der Waals surface area contributed by atoms with Crippen LogP contribution in [0.3, 0.4) is 0 Å². The van der Waals surface area contributed by atoms with Crippen molar-refractivity contribution in [3.05, 3.63) is 84.9 Å². The van der Waals surface area contributed by atoms with Crippen LogP contribution in [0.4, 0.5) is 0 Å². The summed E-state index contributed by atoms with van der Waals surface area (Å²) in [4.78, 5) is 0. The summed E-state index contributed by atoms with van der Waals surface area (Å²) < 4.78 is 0. The summed E-state index contributed by atoms with van der Waals surface area (Å²) in [7, 11) is 0. The van der Waals surface area contributed by atoms with Crippen molar-refractivity contribution in [2.75, 3.05) is 0 Å². The minimum Gasteiger partial charge on any atom is -0.0622 e. The highest BCUT2D eigenvalue weighted by Crippen LogP contribution is 2.32. The van der Waals surface area contributed by atoms with E-state index in [0.29, 0.717) is 0 Å². The smallest absolute Gasteiger partial charge is 0.0172 e. The van der Waals surface area contributed by atoms with Gasteiger partial charge in [0.05, 0.1) is 0 Å². The molecule has 0 saturated heterocycles. The maximum atomic E-state index is 2.26. The largest absolute Gasteiger partial charge is 0.0622 e. The highest BCUT2D eigenvalue weighted by molar-refractivity contribution is 5.80. The van der Waals surface area contributed by atoms with Crippen LogP contribution >= 0.6 is 0 Å². The Morgan fingerprint density at radius 1 is 0.300 bits per heavy atom. The summed E-state index contributed by atoms with van der Waals surface area (Å²) >= 11 is 0.